The van der Waals surface area contributed by atoms with Crippen molar-refractivity contribution in [2.75, 3.05) is 0 Å². The number of hydrogen-bond acceptors (Lipinski definition) is 0. The summed E-state index contributed by atoms with van der Waals surface area (Å²) in [5.41, 5.74) is 2.84. The number of hydrogen-bond donors (Lipinski definition) is 0. The van der Waals surface area contributed by atoms with Gasteiger partial charge in [-0.2, -0.15) is 0 Å². The predicted octanol–water partition coefficient (Wildman–Crippen LogP) is 8.44. The fourth-order valence-corrected chi connectivity index (χ4v) is 4.32. The Balaban J connectivity index is 1.42. The summed E-state index contributed by atoms with van der Waals surface area (Å²) in [4.78, 5) is 0. The Morgan fingerprint density at radius 2 is 1.03 bits per heavy atom. The van der Waals surface area contributed by atoms with E-state index in [0.29, 0.717) is 0 Å². The van der Waals surface area contributed by atoms with Gasteiger partial charge in [0.05, 0.1) is 0 Å². The second kappa shape index (κ2) is 17.1. The van der Waals surface area contributed by atoms with Crippen molar-refractivity contribution in [1.29, 1.82) is 0 Å². The van der Waals surface area contributed by atoms with Crippen LogP contribution in [0.4, 0.5) is 0 Å². The maximum atomic E-state index is 2.33. The molecule has 0 fully saturated rings. The van der Waals surface area contributed by atoms with Crippen molar-refractivity contribution in [2.24, 2.45) is 0 Å². The zero-order chi connectivity index (χ0) is 21.1. The third-order valence-corrected chi connectivity index (χ3v) is 6.20. The summed E-state index contributed by atoms with van der Waals surface area (Å²) in [6.45, 7) is 3.26. The van der Waals surface area contributed by atoms with E-state index in [2.05, 4.69) is 66.3 Å². The number of unbranched alkanes of at least 4 members (excludes halogenated alkanes) is 14. The Hall–Kier alpha value is -1.63. The largest absolute Gasteiger partial charge is 0.201 e. The van der Waals surface area contributed by atoms with Gasteiger partial charge in [-0.15, -0.1) is 0 Å². The lowest BCUT2D eigenvalue weighted by Gasteiger charge is -2.04. The average Bonchev–Trinajstić information content (AvgIpc) is 2.77. The van der Waals surface area contributed by atoms with E-state index in [9.17, 15) is 0 Å². The SMILES string of the molecule is CCCCCCCCCCCCCCCCCc1ccc[n+](Cc2ccccc2)c1. The lowest BCUT2D eigenvalue weighted by molar-refractivity contribution is -0.688. The number of rotatable bonds is 18. The van der Waals surface area contributed by atoms with Crippen LogP contribution in [-0.2, 0) is 13.0 Å². The average molecular weight is 409 g/mol. The number of pyridine rings is 1. The summed E-state index contributed by atoms with van der Waals surface area (Å²) >= 11 is 0. The van der Waals surface area contributed by atoms with Crippen molar-refractivity contribution in [1.82, 2.24) is 0 Å². The van der Waals surface area contributed by atoms with Crippen LogP contribution in [0.25, 0.3) is 0 Å². The molecular formula is C29H46N+. The van der Waals surface area contributed by atoms with Crippen LogP contribution in [0.3, 0.4) is 0 Å². The van der Waals surface area contributed by atoms with E-state index in [0.717, 1.165) is 6.54 Å². The number of aromatic nitrogens is 1. The van der Waals surface area contributed by atoms with Crippen LogP contribution in [0.5, 0.6) is 0 Å². The van der Waals surface area contributed by atoms with Crippen molar-refractivity contribution in [3.05, 3.63) is 66.0 Å². The molecule has 0 atom stereocenters. The van der Waals surface area contributed by atoms with Crippen LogP contribution in [0.2, 0.25) is 0 Å². The Bertz CT molecular complexity index is 634. The van der Waals surface area contributed by atoms with E-state index in [-0.39, 0.29) is 0 Å². The Kier molecular flexibility index (Phi) is 14.0. The minimum Gasteiger partial charge on any atom is -0.201 e. The Morgan fingerprint density at radius 3 is 1.60 bits per heavy atom. The van der Waals surface area contributed by atoms with Crippen molar-refractivity contribution < 1.29 is 4.57 Å². The van der Waals surface area contributed by atoms with E-state index in [1.165, 1.54) is 114 Å². The number of benzene rings is 1. The van der Waals surface area contributed by atoms with Gasteiger partial charge in [0.2, 0.25) is 0 Å². The van der Waals surface area contributed by atoms with Gasteiger partial charge in [-0.1, -0.05) is 127 Å². The van der Waals surface area contributed by atoms with Crippen LogP contribution in [-0.4, -0.2) is 0 Å². The summed E-state index contributed by atoms with van der Waals surface area (Å²) in [5, 5.41) is 0. The molecule has 1 aromatic carbocycles. The first-order valence-electron chi connectivity index (χ1n) is 12.9. The summed E-state index contributed by atoms with van der Waals surface area (Å²) in [5.74, 6) is 0. The summed E-state index contributed by atoms with van der Waals surface area (Å²) in [7, 11) is 0. The van der Waals surface area contributed by atoms with Crippen LogP contribution < -0.4 is 4.57 Å². The highest BCUT2D eigenvalue weighted by Crippen LogP contribution is 2.14. The second-order valence-corrected chi connectivity index (χ2v) is 9.07. The third kappa shape index (κ3) is 12.2. The van der Waals surface area contributed by atoms with Crippen LogP contribution in [0.1, 0.15) is 114 Å². The molecule has 0 radical (unpaired) electrons. The topological polar surface area (TPSA) is 3.88 Å². The van der Waals surface area contributed by atoms with Gasteiger partial charge in [-0.05, 0) is 18.9 Å². The van der Waals surface area contributed by atoms with Crippen molar-refractivity contribution in [2.45, 2.75) is 116 Å². The van der Waals surface area contributed by atoms with E-state index < -0.39 is 0 Å². The monoisotopic (exact) mass is 408 g/mol. The smallest absolute Gasteiger partial charge is 0.173 e. The molecule has 2 rings (SSSR count). The second-order valence-electron chi connectivity index (χ2n) is 9.07. The zero-order valence-corrected chi connectivity index (χ0v) is 19.7. The fraction of sp³-hybridized carbons (Fsp3) is 0.621. The maximum Gasteiger partial charge on any atom is 0.173 e. The molecule has 0 spiro atoms. The molecule has 1 heterocycles. The maximum absolute atomic E-state index is 2.33. The zero-order valence-electron chi connectivity index (χ0n) is 19.7. The molecule has 1 aromatic heterocycles. The molecule has 0 saturated carbocycles. The third-order valence-electron chi connectivity index (χ3n) is 6.20. The highest BCUT2D eigenvalue weighted by molar-refractivity contribution is 5.13. The van der Waals surface area contributed by atoms with Gasteiger partial charge in [-0.3, -0.25) is 0 Å². The normalized spacial score (nSPS) is 11.1. The van der Waals surface area contributed by atoms with Crippen molar-refractivity contribution in [3.8, 4) is 0 Å². The van der Waals surface area contributed by atoms with Crippen molar-refractivity contribution >= 4 is 0 Å². The van der Waals surface area contributed by atoms with Gasteiger partial charge in [0.25, 0.3) is 0 Å². The summed E-state index contributed by atoms with van der Waals surface area (Å²) in [6, 6.07) is 15.2. The highest BCUT2D eigenvalue weighted by Gasteiger charge is 2.04. The van der Waals surface area contributed by atoms with E-state index in [1.54, 1.807) is 0 Å². The molecule has 0 unspecified atom stereocenters. The minimum atomic E-state index is 0.966. The summed E-state index contributed by atoms with van der Waals surface area (Å²) < 4.78 is 2.32. The molecule has 0 aliphatic rings. The molecule has 1 heteroatoms. The molecule has 0 saturated heterocycles. The van der Waals surface area contributed by atoms with E-state index in [1.807, 2.05) is 0 Å². The Labute approximate surface area is 186 Å². The molecule has 2 aromatic rings. The van der Waals surface area contributed by atoms with Crippen LogP contribution in [0.15, 0.2) is 54.9 Å². The molecule has 0 aliphatic carbocycles. The van der Waals surface area contributed by atoms with Crippen molar-refractivity contribution in [3.63, 3.8) is 0 Å². The lowest BCUT2D eigenvalue weighted by atomic mass is 10.0. The van der Waals surface area contributed by atoms with Gasteiger partial charge >= 0.3 is 0 Å². The molecule has 0 aliphatic heterocycles. The van der Waals surface area contributed by atoms with Gasteiger partial charge in [-0.25, -0.2) is 4.57 Å². The quantitative estimate of drug-likeness (QED) is 0.172. The van der Waals surface area contributed by atoms with Gasteiger partial charge in [0.15, 0.2) is 18.9 Å². The minimum absolute atomic E-state index is 0.966. The molecule has 166 valence electrons. The first-order valence-corrected chi connectivity index (χ1v) is 12.9. The highest BCUT2D eigenvalue weighted by atomic mass is 14.9. The molecule has 0 amide bonds. The molecule has 0 bridgehead atoms. The molecule has 1 nitrogen and oxygen atoms in total. The summed E-state index contributed by atoms with van der Waals surface area (Å²) in [6.07, 6.45) is 27.2. The lowest BCUT2D eigenvalue weighted by Crippen LogP contribution is -2.33. The standard InChI is InChI=1S/C29H46N/c1-2-3-4-5-6-7-8-9-10-11-12-13-14-15-17-21-29-24-20-25-30(27-29)26-28-22-18-16-19-23-28/h16,18-20,22-25,27H,2-15,17,21,26H2,1H3/q+1. The van der Waals surface area contributed by atoms with Gasteiger partial charge in [0.1, 0.15) is 0 Å². The molecular weight excluding hydrogens is 362 g/mol. The van der Waals surface area contributed by atoms with E-state index >= 15 is 0 Å². The number of nitrogens with zero attached hydrogens (tertiary/aromatic N) is 1. The molecule has 0 N–H and O–H groups in total. The van der Waals surface area contributed by atoms with Gasteiger partial charge < -0.3 is 0 Å². The first-order chi connectivity index (χ1) is 14.9. The Morgan fingerprint density at radius 1 is 0.533 bits per heavy atom. The van der Waals surface area contributed by atoms with Crippen LogP contribution >= 0.6 is 0 Å². The first kappa shape index (κ1) is 24.6. The van der Waals surface area contributed by atoms with Gasteiger partial charge in [0, 0.05) is 17.2 Å². The van der Waals surface area contributed by atoms with E-state index in [4.69, 9.17) is 0 Å². The number of aryl methyl sites for hydroxylation is 1. The molecule has 30 heavy (non-hydrogen) atoms. The fourth-order valence-electron chi connectivity index (χ4n) is 4.32. The van der Waals surface area contributed by atoms with Crippen LogP contribution in [0, 0.1) is 0 Å². The predicted molar refractivity (Wildman–Crippen MR) is 131 cm³/mol.